The molecular weight excluding hydrogens is 376 g/mol. The van der Waals surface area contributed by atoms with E-state index in [4.69, 9.17) is 4.74 Å². The number of esters is 1. The van der Waals surface area contributed by atoms with Crippen LogP contribution in [0.4, 0.5) is 11.4 Å². The number of carbonyl (C=O) groups excluding carboxylic acids is 2. The first-order valence-electron chi connectivity index (χ1n) is 8.60. The van der Waals surface area contributed by atoms with Gasteiger partial charge in [-0.3, -0.25) is 14.9 Å². The number of benzene rings is 2. The number of hydrogen-bond acceptors (Lipinski definition) is 7. The number of amides is 1. The van der Waals surface area contributed by atoms with Crippen LogP contribution in [0, 0.1) is 21.4 Å². The summed E-state index contributed by atoms with van der Waals surface area (Å²) in [5.41, 5.74) is 0.718. The molecule has 148 valence electrons. The highest BCUT2D eigenvalue weighted by Gasteiger charge is 2.17. The Morgan fingerprint density at radius 3 is 2.52 bits per heavy atom. The zero-order valence-electron chi connectivity index (χ0n) is 15.5. The summed E-state index contributed by atoms with van der Waals surface area (Å²) in [5, 5.41) is 25.4. The van der Waals surface area contributed by atoms with Gasteiger partial charge in [-0.15, -0.1) is 0 Å². The summed E-state index contributed by atoms with van der Waals surface area (Å²) in [7, 11) is 0. The monoisotopic (exact) mass is 394 g/mol. The average Bonchev–Trinajstić information content (AvgIpc) is 2.72. The van der Waals surface area contributed by atoms with Crippen molar-refractivity contribution >= 4 is 23.3 Å². The second-order valence-corrected chi connectivity index (χ2v) is 5.70. The van der Waals surface area contributed by atoms with Crippen LogP contribution in [0.5, 0.6) is 0 Å². The normalized spacial score (nSPS) is 10.6. The first-order chi connectivity index (χ1) is 14.0. The second-order valence-electron chi connectivity index (χ2n) is 5.70. The molecule has 0 aliphatic rings. The van der Waals surface area contributed by atoms with Crippen LogP contribution in [-0.4, -0.2) is 23.4 Å². The molecule has 29 heavy (non-hydrogen) atoms. The van der Waals surface area contributed by atoms with E-state index in [9.17, 15) is 25.0 Å². The second kappa shape index (κ2) is 10.2. The minimum Gasteiger partial charge on any atom is -0.462 e. The van der Waals surface area contributed by atoms with Gasteiger partial charge in [-0.25, -0.2) is 4.79 Å². The molecule has 2 N–H and O–H groups in total. The third-order valence-electron chi connectivity index (χ3n) is 3.73. The van der Waals surface area contributed by atoms with E-state index in [1.54, 1.807) is 37.3 Å². The van der Waals surface area contributed by atoms with Crippen molar-refractivity contribution in [2.45, 2.75) is 13.5 Å². The molecule has 0 radical (unpaired) electrons. The van der Waals surface area contributed by atoms with Crippen LogP contribution in [0.2, 0.25) is 0 Å². The highest BCUT2D eigenvalue weighted by Crippen LogP contribution is 2.23. The molecule has 9 nitrogen and oxygen atoms in total. The van der Waals surface area contributed by atoms with Gasteiger partial charge in [0.05, 0.1) is 17.1 Å². The van der Waals surface area contributed by atoms with Gasteiger partial charge in [-0.05, 0) is 30.7 Å². The zero-order chi connectivity index (χ0) is 21.2. The van der Waals surface area contributed by atoms with E-state index in [1.165, 1.54) is 30.5 Å². The number of nitro benzene ring substituents is 1. The maximum Gasteiger partial charge on any atom is 0.338 e. The lowest BCUT2D eigenvalue weighted by Crippen LogP contribution is -2.17. The minimum absolute atomic E-state index is 0.00166. The average molecular weight is 394 g/mol. The van der Waals surface area contributed by atoms with Gasteiger partial charge in [-0.2, -0.15) is 5.26 Å². The van der Waals surface area contributed by atoms with Crippen LogP contribution >= 0.6 is 0 Å². The number of nitrogens with one attached hydrogen (secondary N) is 2. The van der Waals surface area contributed by atoms with E-state index >= 15 is 0 Å². The number of rotatable bonds is 8. The lowest BCUT2D eigenvalue weighted by atomic mass is 10.1. The quantitative estimate of drug-likeness (QED) is 0.231. The Morgan fingerprint density at radius 2 is 1.90 bits per heavy atom. The first kappa shape index (κ1) is 21.1. The van der Waals surface area contributed by atoms with Gasteiger partial charge in [0.2, 0.25) is 0 Å². The summed E-state index contributed by atoms with van der Waals surface area (Å²) in [6.45, 7) is 2.31. The Bertz CT molecular complexity index is 977. The molecule has 0 saturated heterocycles. The predicted molar refractivity (Wildman–Crippen MR) is 105 cm³/mol. The van der Waals surface area contributed by atoms with Crippen molar-refractivity contribution < 1.29 is 19.2 Å². The smallest absolute Gasteiger partial charge is 0.338 e. The van der Waals surface area contributed by atoms with E-state index in [-0.39, 0.29) is 23.6 Å². The molecule has 2 aromatic rings. The summed E-state index contributed by atoms with van der Waals surface area (Å²) in [5.74, 6) is -1.18. The fraction of sp³-hybridized carbons (Fsp3) is 0.150. The van der Waals surface area contributed by atoms with E-state index in [1.807, 2.05) is 0 Å². The van der Waals surface area contributed by atoms with E-state index in [0.717, 1.165) is 5.56 Å². The Kier molecular flexibility index (Phi) is 7.44. The molecule has 1 amide bonds. The van der Waals surface area contributed by atoms with Crippen molar-refractivity contribution in [1.29, 1.82) is 5.26 Å². The number of anilines is 1. The molecule has 0 saturated carbocycles. The van der Waals surface area contributed by atoms with Gasteiger partial charge in [0.1, 0.15) is 17.3 Å². The molecule has 2 rings (SSSR count). The molecule has 0 atom stereocenters. The number of hydrogen-bond donors (Lipinski definition) is 2. The Morgan fingerprint density at radius 1 is 1.21 bits per heavy atom. The molecule has 2 aromatic carbocycles. The van der Waals surface area contributed by atoms with E-state index in [0.29, 0.717) is 12.1 Å². The number of nitro groups is 1. The molecule has 0 aliphatic heterocycles. The lowest BCUT2D eigenvalue weighted by molar-refractivity contribution is -0.383. The molecule has 0 aromatic heterocycles. The fourth-order valence-corrected chi connectivity index (χ4v) is 2.32. The van der Waals surface area contributed by atoms with Gasteiger partial charge in [0, 0.05) is 18.8 Å². The van der Waals surface area contributed by atoms with Crippen LogP contribution in [-0.2, 0) is 16.1 Å². The number of nitrogens with zero attached hydrogens (tertiary/aromatic N) is 2. The number of ether oxygens (including phenoxy) is 1. The molecule has 0 aliphatic carbocycles. The minimum atomic E-state index is -0.771. The third kappa shape index (κ3) is 5.90. The van der Waals surface area contributed by atoms with Crippen LogP contribution < -0.4 is 10.6 Å². The third-order valence-corrected chi connectivity index (χ3v) is 3.73. The van der Waals surface area contributed by atoms with E-state index in [2.05, 4.69) is 10.6 Å². The van der Waals surface area contributed by atoms with Gasteiger partial charge in [0.25, 0.3) is 11.6 Å². The summed E-state index contributed by atoms with van der Waals surface area (Å²) >= 11 is 0. The Hall–Kier alpha value is -4.19. The lowest BCUT2D eigenvalue weighted by Gasteiger charge is -2.06. The topological polar surface area (TPSA) is 134 Å². The summed E-state index contributed by atoms with van der Waals surface area (Å²) in [6.07, 6.45) is 1.23. The van der Waals surface area contributed by atoms with Gasteiger partial charge >= 0.3 is 5.97 Å². The SMILES string of the molecule is CCOC(=O)c1ccc(CN/C=C(/C#N)C(=O)Nc2ccccc2[N+](=O)[O-])cc1. The molecule has 0 heterocycles. The molecule has 0 spiro atoms. The molecule has 0 bridgehead atoms. The number of carbonyl (C=O) groups is 2. The van der Waals surface area contributed by atoms with Crippen molar-refractivity contribution in [2.24, 2.45) is 0 Å². The predicted octanol–water partition coefficient (Wildman–Crippen LogP) is 2.91. The Balaban J connectivity index is 2.00. The van der Waals surface area contributed by atoms with Gasteiger partial charge < -0.3 is 15.4 Å². The van der Waals surface area contributed by atoms with Crippen LogP contribution in [0.1, 0.15) is 22.8 Å². The van der Waals surface area contributed by atoms with Gasteiger partial charge in [-0.1, -0.05) is 24.3 Å². The first-order valence-corrected chi connectivity index (χ1v) is 8.60. The van der Waals surface area contributed by atoms with Crippen molar-refractivity contribution in [3.05, 3.63) is 81.5 Å². The van der Waals surface area contributed by atoms with Crippen molar-refractivity contribution in [3.8, 4) is 6.07 Å². The molecule has 0 fully saturated rings. The van der Waals surface area contributed by atoms with E-state index < -0.39 is 16.8 Å². The summed E-state index contributed by atoms with van der Waals surface area (Å²) in [6, 6.07) is 14.1. The van der Waals surface area contributed by atoms with Gasteiger partial charge in [0.15, 0.2) is 0 Å². The van der Waals surface area contributed by atoms with Crippen molar-refractivity contribution in [2.75, 3.05) is 11.9 Å². The van der Waals surface area contributed by atoms with Crippen LogP contribution in [0.3, 0.4) is 0 Å². The molecule has 0 unspecified atom stereocenters. The maximum atomic E-state index is 12.2. The molecule has 9 heteroatoms. The number of nitriles is 1. The summed E-state index contributed by atoms with van der Waals surface area (Å²) in [4.78, 5) is 34.2. The van der Waals surface area contributed by atoms with Crippen LogP contribution in [0.25, 0.3) is 0 Å². The highest BCUT2D eigenvalue weighted by atomic mass is 16.6. The largest absolute Gasteiger partial charge is 0.462 e. The zero-order valence-corrected chi connectivity index (χ0v) is 15.5. The Labute approximate surface area is 166 Å². The fourth-order valence-electron chi connectivity index (χ4n) is 2.32. The summed E-state index contributed by atoms with van der Waals surface area (Å²) < 4.78 is 4.91. The van der Waals surface area contributed by atoms with Crippen molar-refractivity contribution in [1.82, 2.24) is 5.32 Å². The standard InChI is InChI=1S/C20H18N4O5/c1-2-29-20(26)15-9-7-14(8-10-15)12-22-13-16(11-21)19(25)23-17-5-3-4-6-18(17)24(27)28/h3-10,13,22H,2,12H2,1H3,(H,23,25)/b16-13-. The van der Waals surface area contributed by atoms with Crippen LogP contribution in [0.15, 0.2) is 60.3 Å². The highest BCUT2D eigenvalue weighted by molar-refractivity contribution is 6.07. The molecular formula is C20H18N4O5. The van der Waals surface area contributed by atoms with Crippen molar-refractivity contribution in [3.63, 3.8) is 0 Å². The maximum absolute atomic E-state index is 12.2. The number of para-hydroxylation sites is 2.